The minimum absolute atomic E-state index is 0.707. The second-order valence-corrected chi connectivity index (χ2v) is 4.44. The fourth-order valence-corrected chi connectivity index (χ4v) is 2.49. The van der Waals surface area contributed by atoms with Gasteiger partial charge in [-0.15, -0.1) is 11.6 Å². The molecule has 1 aliphatic carbocycles. The Morgan fingerprint density at radius 2 is 2.17 bits per heavy atom. The zero-order valence-corrected chi connectivity index (χ0v) is 8.98. The van der Waals surface area contributed by atoms with Crippen LogP contribution in [0, 0.1) is 5.92 Å². The summed E-state index contributed by atoms with van der Waals surface area (Å²) in [4.78, 5) is 0. The molecule has 0 aromatic heterocycles. The second-order valence-electron chi connectivity index (χ2n) is 3.28. The van der Waals surface area contributed by atoms with Gasteiger partial charge >= 0.3 is 0 Å². The summed E-state index contributed by atoms with van der Waals surface area (Å²) in [7, 11) is 0. The Bertz CT molecular complexity index is 285. The lowest BCUT2D eigenvalue weighted by molar-refractivity contribution is 0.920. The van der Waals surface area contributed by atoms with Crippen LogP contribution < -0.4 is 0 Å². The number of hydrogen-bond donors (Lipinski definition) is 0. The Kier molecular flexibility index (Phi) is 2.42. The first-order valence-corrected chi connectivity index (χ1v) is 5.46. The van der Waals surface area contributed by atoms with Crippen LogP contribution in [0.5, 0.6) is 0 Å². The van der Waals surface area contributed by atoms with Gasteiger partial charge in [-0.3, -0.25) is 0 Å². The number of halogens is 2. The molecule has 0 nitrogen and oxygen atoms in total. The van der Waals surface area contributed by atoms with Crippen molar-refractivity contribution in [3.63, 3.8) is 0 Å². The Balaban J connectivity index is 2.19. The minimum Gasteiger partial charge on any atom is -0.126 e. The van der Waals surface area contributed by atoms with Crippen molar-refractivity contribution in [2.24, 2.45) is 5.92 Å². The minimum atomic E-state index is 0.707. The molecule has 2 rings (SSSR count). The van der Waals surface area contributed by atoms with Gasteiger partial charge in [-0.25, -0.2) is 0 Å². The molecule has 0 amide bonds. The van der Waals surface area contributed by atoms with Crippen LogP contribution in [-0.2, 0) is 0 Å². The van der Waals surface area contributed by atoms with E-state index in [1.54, 1.807) is 0 Å². The van der Waals surface area contributed by atoms with Crippen molar-refractivity contribution >= 4 is 27.5 Å². The molecule has 2 atom stereocenters. The quantitative estimate of drug-likeness (QED) is 0.696. The van der Waals surface area contributed by atoms with Crippen molar-refractivity contribution in [3.8, 4) is 0 Å². The van der Waals surface area contributed by atoms with E-state index in [0.717, 1.165) is 5.88 Å². The second kappa shape index (κ2) is 3.39. The molecule has 1 fully saturated rings. The van der Waals surface area contributed by atoms with Gasteiger partial charge < -0.3 is 0 Å². The molecular formula is C10H10BrCl. The molecule has 0 N–H and O–H groups in total. The summed E-state index contributed by atoms with van der Waals surface area (Å²) in [6.07, 6.45) is 1.26. The monoisotopic (exact) mass is 244 g/mol. The van der Waals surface area contributed by atoms with Crippen LogP contribution in [0.15, 0.2) is 28.7 Å². The molecule has 12 heavy (non-hydrogen) atoms. The van der Waals surface area contributed by atoms with Crippen molar-refractivity contribution in [1.29, 1.82) is 0 Å². The molecule has 64 valence electrons. The fraction of sp³-hybridized carbons (Fsp3) is 0.400. The van der Waals surface area contributed by atoms with E-state index in [1.807, 2.05) is 6.07 Å². The van der Waals surface area contributed by atoms with Gasteiger partial charge in [0, 0.05) is 10.4 Å². The van der Waals surface area contributed by atoms with Crippen LogP contribution in [0.3, 0.4) is 0 Å². The van der Waals surface area contributed by atoms with Crippen LogP contribution in [0.1, 0.15) is 17.9 Å². The predicted molar refractivity (Wildman–Crippen MR) is 55.7 cm³/mol. The normalized spacial score (nSPS) is 27.2. The van der Waals surface area contributed by atoms with E-state index in [4.69, 9.17) is 11.6 Å². The summed E-state index contributed by atoms with van der Waals surface area (Å²) < 4.78 is 1.22. The summed E-state index contributed by atoms with van der Waals surface area (Å²) in [5.74, 6) is 2.22. The molecule has 1 saturated carbocycles. The van der Waals surface area contributed by atoms with E-state index in [9.17, 15) is 0 Å². The lowest BCUT2D eigenvalue weighted by Gasteiger charge is -2.01. The summed E-state index contributed by atoms with van der Waals surface area (Å²) in [6.45, 7) is 0. The third-order valence-corrected chi connectivity index (χ3v) is 3.54. The lowest BCUT2D eigenvalue weighted by atomic mass is 10.1. The summed E-state index contributed by atoms with van der Waals surface area (Å²) in [5.41, 5.74) is 1.42. The first-order valence-electron chi connectivity index (χ1n) is 4.13. The predicted octanol–water partition coefficient (Wildman–Crippen LogP) is 3.79. The van der Waals surface area contributed by atoms with Crippen LogP contribution in [0.2, 0.25) is 0 Å². The van der Waals surface area contributed by atoms with Crippen molar-refractivity contribution < 1.29 is 0 Å². The SMILES string of the molecule is ClCC1CC1c1ccccc1Br. The van der Waals surface area contributed by atoms with E-state index in [0.29, 0.717) is 11.8 Å². The smallest absolute Gasteiger partial charge is 0.0257 e. The Morgan fingerprint density at radius 1 is 1.42 bits per heavy atom. The number of benzene rings is 1. The summed E-state index contributed by atoms with van der Waals surface area (Å²) >= 11 is 9.33. The summed E-state index contributed by atoms with van der Waals surface area (Å²) in [6, 6.07) is 8.41. The molecule has 1 aliphatic rings. The van der Waals surface area contributed by atoms with Gasteiger partial charge in [0.1, 0.15) is 0 Å². The molecular weight excluding hydrogens is 235 g/mol. The van der Waals surface area contributed by atoms with Gasteiger partial charge in [-0.2, -0.15) is 0 Å². The van der Waals surface area contributed by atoms with Crippen molar-refractivity contribution in [3.05, 3.63) is 34.3 Å². The maximum absolute atomic E-state index is 5.78. The Morgan fingerprint density at radius 3 is 2.75 bits per heavy atom. The number of hydrogen-bond acceptors (Lipinski definition) is 0. The largest absolute Gasteiger partial charge is 0.126 e. The Labute approximate surface area is 86.1 Å². The summed E-state index contributed by atoms with van der Waals surface area (Å²) in [5, 5.41) is 0. The van der Waals surface area contributed by atoms with E-state index in [1.165, 1.54) is 16.5 Å². The maximum Gasteiger partial charge on any atom is 0.0257 e. The van der Waals surface area contributed by atoms with Gasteiger partial charge in [0.2, 0.25) is 0 Å². The highest BCUT2D eigenvalue weighted by Crippen LogP contribution is 2.49. The fourth-order valence-electron chi connectivity index (χ4n) is 1.57. The molecule has 0 aliphatic heterocycles. The molecule has 0 radical (unpaired) electrons. The Hall–Kier alpha value is -0.0100. The average molecular weight is 246 g/mol. The van der Waals surface area contributed by atoms with Crippen molar-refractivity contribution in [2.45, 2.75) is 12.3 Å². The highest BCUT2D eigenvalue weighted by molar-refractivity contribution is 9.10. The van der Waals surface area contributed by atoms with E-state index in [-0.39, 0.29) is 0 Å². The molecule has 0 bridgehead atoms. The average Bonchev–Trinajstić information content (AvgIpc) is 2.84. The highest BCUT2D eigenvalue weighted by atomic mass is 79.9. The van der Waals surface area contributed by atoms with Crippen LogP contribution in [0.25, 0.3) is 0 Å². The van der Waals surface area contributed by atoms with Gasteiger partial charge in [-0.1, -0.05) is 34.1 Å². The zero-order chi connectivity index (χ0) is 8.55. The van der Waals surface area contributed by atoms with E-state index < -0.39 is 0 Å². The van der Waals surface area contributed by atoms with Gasteiger partial charge in [0.25, 0.3) is 0 Å². The lowest BCUT2D eigenvalue weighted by Crippen LogP contribution is -1.85. The van der Waals surface area contributed by atoms with Gasteiger partial charge in [0.15, 0.2) is 0 Å². The standard InChI is InChI=1S/C10H10BrCl/c11-10-4-2-1-3-8(10)9-5-7(9)6-12/h1-4,7,9H,5-6H2. The molecule has 1 aromatic carbocycles. The van der Waals surface area contributed by atoms with Crippen LogP contribution in [-0.4, -0.2) is 5.88 Å². The van der Waals surface area contributed by atoms with E-state index >= 15 is 0 Å². The highest BCUT2D eigenvalue weighted by Gasteiger charge is 2.38. The third kappa shape index (κ3) is 1.53. The van der Waals surface area contributed by atoms with Crippen LogP contribution in [0.4, 0.5) is 0 Å². The molecule has 0 spiro atoms. The molecule has 2 heteroatoms. The van der Waals surface area contributed by atoms with Crippen molar-refractivity contribution in [1.82, 2.24) is 0 Å². The molecule has 1 aromatic rings. The first-order chi connectivity index (χ1) is 5.83. The first kappa shape index (κ1) is 8.58. The molecule has 2 unspecified atom stereocenters. The van der Waals surface area contributed by atoms with Gasteiger partial charge in [0.05, 0.1) is 0 Å². The number of rotatable bonds is 2. The zero-order valence-electron chi connectivity index (χ0n) is 6.63. The molecule has 0 heterocycles. The number of alkyl halides is 1. The molecule has 0 saturated heterocycles. The van der Waals surface area contributed by atoms with E-state index in [2.05, 4.69) is 34.1 Å². The van der Waals surface area contributed by atoms with Crippen LogP contribution >= 0.6 is 27.5 Å². The van der Waals surface area contributed by atoms with Crippen molar-refractivity contribution in [2.75, 3.05) is 5.88 Å². The van der Waals surface area contributed by atoms with Gasteiger partial charge in [-0.05, 0) is 29.9 Å². The maximum atomic E-state index is 5.78. The third-order valence-electron chi connectivity index (χ3n) is 2.43. The topological polar surface area (TPSA) is 0 Å².